The molecule has 1 aromatic carbocycles. The van der Waals surface area contributed by atoms with Gasteiger partial charge in [0.15, 0.2) is 5.60 Å². The van der Waals surface area contributed by atoms with Gasteiger partial charge >= 0.3 is 5.97 Å². The smallest absolute Gasteiger partial charge is 0.322 e. The standard InChI is InChI=1S/C16H20INO2/c1-15(2,17)14(19)20-16(12-6-4-3-5-7-12)11-18-9-8-13(16)10-18/h3-7,13H,8-11H2,1-2H3/t13-,16?/m1/s1. The molecule has 0 N–H and O–H groups in total. The molecule has 2 fully saturated rings. The van der Waals surface area contributed by atoms with Gasteiger partial charge in [-0.3, -0.25) is 9.69 Å². The Morgan fingerprint density at radius 3 is 2.60 bits per heavy atom. The maximum atomic E-state index is 12.4. The molecule has 0 radical (unpaired) electrons. The van der Waals surface area contributed by atoms with E-state index in [1.165, 1.54) is 0 Å². The summed E-state index contributed by atoms with van der Waals surface area (Å²) < 4.78 is 5.61. The zero-order chi connectivity index (χ0) is 14.4. The third-order valence-corrected chi connectivity index (χ3v) is 4.85. The first-order chi connectivity index (χ1) is 9.42. The molecule has 2 heterocycles. The van der Waals surface area contributed by atoms with Crippen molar-refractivity contribution in [2.45, 2.75) is 29.3 Å². The lowest BCUT2D eigenvalue weighted by molar-refractivity contribution is -0.167. The molecule has 3 rings (SSSR count). The number of halogens is 1. The Balaban J connectivity index is 1.96. The number of nitrogens with zero attached hydrogens (tertiary/aromatic N) is 1. The zero-order valence-corrected chi connectivity index (χ0v) is 14.1. The van der Waals surface area contributed by atoms with Crippen LogP contribution in [0.2, 0.25) is 0 Å². The van der Waals surface area contributed by atoms with E-state index >= 15 is 0 Å². The lowest BCUT2D eigenvalue weighted by Crippen LogP contribution is -2.46. The highest BCUT2D eigenvalue weighted by atomic mass is 127. The molecule has 1 aromatic rings. The number of piperidine rings is 1. The predicted molar refractivity (Wildman–Crippen MR) is 86.9 cm³/mol. The largest absolute Gasteiger partial charge is 0.451 e. The minimum atomic E-state index is -0.489. The maximum Gasteiger partial charge on any atom is 0.322 e. The van der Waals surface area contributed by atoms with Gasteiger partial charge in [0.25, 0.3) is 0 Å². The van der Waals surface area contributed by atoms with Crippen LogP contribution in [-0.2, 0) is 15.1 Å². The second-order valence-corrected chi connectivity index (χ2v) is 9.04. The highest BCUT2D eigenvalue weighted by Crippen LogP contribution is 2.47. The Bertz CT molecular complexity index is 511. The quantitative estimate of drug-likeness (QED) is 0.455. The number of rotatable bonds is 3. The first-order valence-electron chi connectivity index (χ1n) is 7.12. The predicted octanol–water partition coefficient (Wildman–Crippen LogP) is 2.97. The van der Waals surface area contributed by atoms with Gasteiger partial charge in [-0.2, -0.15) is 0 Å². The van der Waals surface area contributed by atoms with Crippen molar-refractivity contribution in [2.75, 3.05) is 19.6 Å². The van der Waals surface area contributed by atoms with Gasteiger partial charge < -0.3 is 4.74 Å². The molecule has 2 aliphatic rings. The molecule has 2 aliphatic heterocycles. The zero-order valence-electron chi connectivity index (χ0n) is 11.9. The van der Waals surface area contributed by atoms with E-state index in [2.05, 4.69) is 39.6 Å². The highest BCUT2D eigenvalue weighted by Gasteiger charge is 2.54. The summed E-state index contributed by atoms with van der Waals surface area (Å²) in [6.07, 6.45) is 1.11. The SMILES string of the molecule is CC(C)(I)C(=O)OC1(c2ccccc2)CN2CC[C@@H]1C2. The van der Waals surface area contributed by atoms with Crippen molar-refractivity contribution in [3.05, 3.63) is 35.9 Å². The molecule has 3 atom stereocenters. The van der Waals surface area contributed by atoms with Crippen LogP contribution in [0.3, 0.4) is 0 Å². The van der Waals surface area contributed by atoms with Gasteiger partial charge in [-0.25, -0.2) is 0 Å². The second kappa shape index (κ2) is 4.98. The second-order valence-electron chi connectivity index (χ2n) is 6.34. The van der Waals surface area contributed by atoms with Crippen LogP contribution >= 0.6 is 22.6 Å². The number of esters is 1. The number of carbonyl (C=O) groups is 1. The number of benzene rings is 1. The van der Waals surface area contributed by atoms with Crippen LogP contribution in [0.4, 0.5) is 0 Å². The summed E-state index contributed by atoms with van der Waals surface area (Å²) in [7, 11) is 0. The topological polar surface area (TPSA) is 29.5 Å². The number of ether oxygens (including phenoxy) is 1. The Morgan fingerprint density at radius 1 is 1.40 bits per heavy atom. The fourth-order valence-electron chi connectivity index (χ4n) is 3.33. The van der Waals surface area contributed by atoms with Crippen molar-refractivity contribution in [3.63, 3.8) is 0 Å². The Morgan fingerprint density at radius 2 is 2.10 bits per heavy atom. The number of hydrogen-bond donors (Lipinski definition) is 0. The molecule has 0 spiro atoms. The molecule has 0 amide bonds. The Kier molecular flexibility index (Phi) is 3.57. The first-order valence-corrected chi connectivity index (χ1v) is 8.20. The van der Waals surface area contributed by atoms with Crippen LogP contribution in [0.1, 0.15) is 25.8 Å². The molecule has 4 heteroatoms. The molecular weight excluding hydrogens is 365 g/mol. The van der Waals surface area contributed by atoms with Gasteiger partial charge in [-0.15, -0.1) is 0 Å². The van der Waals surface area contributed by atoms with Crippen LogP contribution in [0.5, 0.6) is 0 Å². The van der Waals surface area contributed by atoms with E-state index in [0.29, 0.717) is 5.92 Å². The van der Waals surface area contributed by atoms with Gasteiger partial charge in [0.05, 0.1) is 0 Å². The van der Waals surface area contributed by atoms with Crippen LogP contribution in [0, 0.1) is 5.92 Å². The first kappa shape index (κ1) is 14.3. The number of fused-ring (bicyclic) bond motifs is 2. The summed E-state index contributed by atoms with van der Waals surface area (Å²) in [5.74, 6) is 0.309. The lowest BCUT2D eigenvalue weighted by Gasteiger charge is -2.38. The van der Waals surface area contributed by atoms with Gasteiger partial charge in [0, 0.05) is 19.0 Å². The summed E-state index contributed by atoms with van der Waals surface area (Å²) in [5, 5.41) is 0. The molecule has 108 valence electrons. The summed E-state index contributed by atoms with van der Waals surface area (Å²) in [5.41, 5.74) is 0.695. The molecule has 2 bridgehead atoms. The van der Waals surface area contributed by atoms with E-state index in [9.17, 15) is 4.79 Å². The van der Waals surface area contributed by atoms with Crippen molar-refractivity contribution in [3.8, 4) is 0 Å². The normalized spacial score (nSPS) is 32.4. The third kappa shape index (κ3) is 2.37. The van der Waals surface area contributed by atoms with Gasteiger partial charge in [0.2, 0.25) is 0 Å². The number of hydrogen-bond acceptors (Lipinski definition) is 3. The van der Waals surface area contributed by atoms with E-state index in [0.717, 1.165) is 31.6 Å². The van der Waals surface area contributed by atoms with Crippen LogP contribution < -0.4 is 0 Å². The fraction of sp³-hybridized carbons (Fsp3) is 0.562. The summed E-state index contributed by atoms with van der Waals surface area (Å²) in [6, 6.07) is 10.3. The Hall–Kier alpha value is -0.620. The summed E-state index contributed by atoms with van der Waals surface area (Å²) >= 11 is 2.16. The van der Waals surface area contributed by atoms with E-state index < -0.39 is 9.02 Å². The molecule has 2 unspecified atom stereocenters. The van der Waals surface area contributed by atoms with E-state index in [-0.39, 0.29) is 5.97 Å². The van der Waals surface area contributed by atoms with E-state index in [1.807, 2.05) is 32.0 Å². The fourth-order valence-corrected chi connectivity index (χ4v) is 3.44. The highest BCUT2D eigenvalue weighted by molar-refractivity contribution is 14.1. The van der Waals surface area contributed by atoms with Gasteiger partial charge in [-0.05, 0) is 32.4 Å². The van der Waals surface area contributed by atoms with E-state index in [1.54, 1.807) is 0 Å². The molecule has 0 saturated carbocycles. The minimum absolute atomic E-state index is 0.115. The van der Waals surface area contributed by atoms with Crippen LogP contribution in [-0.4, -0.2) is 33.9 Å². The molecule has 2 saturated heterocycles. The molecular formula is C16H20INO2. The minimum Gasteiger partial charge on any atom is -0.451 e. The third-order valence-electron chi connectivity index (χ3n) is 4.41. The number of carbonyl (C=O) groups excluding carboxylic acids is 1. The van der Waals surface area contributed by atoms with Crippen molar-refractivity contribution in [2.24, 2.45) is 5.92 Å². The molecule has 3 nitrogen and oxygen atoms in total. The van der Waals surface area contributed by atoms with Crippen LogP contribution in [0.25, 0.3) is 0 Å². The Labute approximate surface area is 133 Å². The summed E-state index contributed by atoms with van der Waals surface area (Å²) in [4.78, 5) is 14.8. The average molecular weight is 385 g/mol. The maximum absolute atomic E-state index is 12.4. The van der Waals surface area contributed by atoms with Crippen molar-refractivity contribution in [1.82, 2.24) is 4.90 Å². The number of alkyl halides is 1. The van der Waals surface area contributed by atoms with Crippen molar-refractivity contribution in [1.29, 1.82) is 0 Å². The lowest BCUT2D eigenvalue weighted by atomic mass is 9.81. The van der Waals surface area contributed by atoms with E-state index in [4.69, 9.17) is 4.74 Å². The monoisotopic (exact) mass is 385 g/mol. The van der Waals surface area contributed by atoms with Gasteiger partial charge in [-0.1, -0.05) is 52.9 Å². The van der Waals surface area contributed by atoms with Crippen LogP contribution in [0.15, 0.2) is 30.3 Å². The van der Waals surface area contributed by atoms with Crippen molar-refractivity contribution < 1.29 is 9.53 Å². The van der Waals surface area contributed by atoms with Crippen molar-refractivity contribution >= 4 is 28.6 Å². The molecule has 0 aliphatic carbocycles. The summed E-state index contributed by atoms with van der Waals surface area (Å²) in [6.45, 7) is 6.82. The molecule has 0 aromatic heterocycles. The van der Waals surface area contributed by atoms with Gasteiger partial charge in [0.1, 0.15) is 3.42 Å². The molecule has 20 heavy (non-hydrogen) atoms. The average Bonchev–Trinajstić information content (AvgIpc) is 2.99.